The van der Waals surface area contributed by atoms with Gasteiger partial charge >= 0.3 is 0 Å². The highest BCUT2D eigenvalue weighted by Gasteiger charge is 2.32. The molecule has 0 bridgehead atoms. The van der Waals surface area contributed by atoms with E-state index in [1.54, 1.807) is 0 Å². The number of piperidine rings is 1. The molecule has 1 atom stereocenters. The molecule has 2 heterocycles. The highest BCUT2D eigenvalue weighted by atomic mass is 16.5. The zero-order valence-electron chi connectivity index (χ0n) is 22.8. The lowest BCUT2D eigenvalue weighted by molar-refractivity contribution is -0.125. The van der Waals surface area contributed by atoms with Gasteiger partial charge in [0.05, 0.1) is 19.1 Å². The summed E-state index contributed by atoms with van der Waals surface area (Å²) >= 11 is 0. The van der Waals surface area contributed by atoms with Crippen molar-refractivity contribution >= 4 is 24.3 Å². The van der Waals surface area contributed by atoms with Crippen LogP contribution in [-0.4, -0.2) is 105 Å². The molecule has 0 spiro atoms. The Morgan fingerprint density at radius 3 is 2.51 bits per heavy atom. The van der Waals surface area contributed by atoms with Crippen LogP contribution in [0.15, 0.2) is 18.2 Å². The van der Waals surface area contributed by atoms with Crippen LogP contribution >= 0.6 is 0 Å². The number of aldehydes is 1. The predicted molar refractivity (Wildman–Crippen MR) is 146 cm³/mol. The molecule has 0 radical (unpaired) electrons. The normalized spacial score (nSPS) is 18.4. The molecule has 206 valence electrons. The minimum absolute atomic E-state index is 0.0122. The van der Waals surface area contributed by atoms with Crippen LogP contribution in [-0.2, 0) is 20.9 Å². The Kier molecular flexibility index (Phi) is 12.0. The number of nitrogens with zero attached hydrogens (tertiary/aromatic N) is 3. The minimum Gasteiger partial charge on any atom is -0.379 e. The largest absolute Gasteiger partial charge is 0.379 e. The van der Waals surface area contributed by atoms with E-state index in [1.807, 2.05) is 18.2 Å². The van der Waals surface area contributed by atoms with E-state index in [1.165, 1.54) is 0 Å². The molecule has 2 aliphatic rings. The number of hydrogen-bond acceptors (Lipinski definition) is 7. The number of carbonyl (C=O) groups excluding carboxylic acids is 3. The van der Waals surface area contributed by atoms with Gasteiger partial charge < -0.3 is 20.3 Å². The van der Waals surface area contributed by atoms with Crippen LogP contribution in [0.2, 0.25) is 0 Å². The first-order valence-electron chi connectivity index (χ1n) is 13.7. The molecule has 1 aromatic rings. The number of carbonyl (C=O) groups is 3. The van der Waals surface area contributed by atoms with Crippen LogP contribution in [0.25, 0.3) is 0 Å². The van der Waals surface area contributed by atoms with Gasteiger partial charge in [0.25, 0.3) is 0 Å². The molecule has 2 N–H and O–H groups in total. The summed E-state index contributed by atoms with van der Waals surface area (Å²) in [6, 6.07) is 6.24. The zero-order chi connectivity index (χ0) is 26.6. The summed E-state index contributed by atoms with van der Waals surface area (Å²) < 4.78 is 5.83. The van der Waals surface area contributed by atoms with Crippen LogP contribution in [0.3, 0.4) is 0 Å². The van der Waals surface area contributed by atoms with Gasteiger partial charge in [-0.3, -0.25) is 24.2 Å². The summed E-state index contributed by atoms with van der Waals surface area (Å²) in [6.45, 7) is 11.5. The van der Waals surface area contributed by atoms with E-state index < -0.39 is 0 Å². The van der Waals surface area contributed by atoms with E-state index in [0.29, 0.717) is 37.4 Å². The monoisotopic (exact) mass is 515 g/mol. The number of benzene rings is 1. The molecule has 2 saturated heterocycles. The highest BCUT2D eigenvalue weighted by molar-refractivity contribution is 5.95. The van der Waals surface area contributed by atoms with E-state index in [0.717, 1.165) is 88.9 Å². The Labute approximate surface area is 221 Å². The third-order valence-electron chi connectivity index (χ3n) is 7.79. The average molecular weight is 516 g/mol. The molecule has 1 aromatic carbocycles. The lowest BCUT2D eigenvalue weighted by Gasteiger charge is -2.38. The summed E-state index contributed by atoms with van der Waals surface area (Å²) in [5.41, 5.74) is 2.24. The topological polar surface area (TPSA) is 94.2 Å². The summed E-state index contributed by atoms with van der Waals surface area (Å²) in [6.07, 6.45) is 5.85. The Hall–Kier alpha value is -2.33. The first-order chi connectivity index (χ1) is 17.9. The van der Waals surface area contributed by atoms with Gasteiger partial charge in [0, 0.05) is 74.7 Å². The second-order valence-corrected chi connectivity index (χ2v) is 10.5. The van der Waals surface area contributed by atoms with Gasteiger partial charge in [-0.15, -0.1) is 0 Å². The van der Waals surface area contributed by atoms with Gasteiger partial charge in [0.1, 0.15) is 6.29 Å². The molecule has 0 saturated carbocycles. The van der Waals surface area contributed by atoms with E-state index in [9.17, 15) is 14.4 Å². The molecule has 2 aliphatic heterocycles. The van der Waals surface area contributed by atoms with Crippen molar-refractivity contribution in [3.05, 3.63) is 29.3 Å². The predicted octanol–water partition coefficient (Wildman–Crippen LogP) is 2.22. The fourth-order valence-electron chi connectivity index (χ4n) is 5.11. The Morgan fingerprint density at radius 1 is 1.16 bits per heavy atom. The third kappa shape index (κ3) is 8.88. The molecule has 1 unspecified atom stereocenters. The maximum Gasteiger partial charge on any atom is 0.230 e. The minimum atomic E-state index is -0.0502. The van der Waals surface area contributed by atoms with Gasteiger partial charge in [0.15, 0.2) is 0 Å². The third-order valence-corrected chi connectivity index (χ3v) is 7.79. The molecular weight excluding hydrogens is 470 g/mol. The summed E-state index contributed by atoms with van der Waals surface area (Å²) in [4.78, 5) is 42.0. The van der Waals surface area contributed by atoms with Gasteiger partial charge in [-0.1, -0.05) is 25.5 Å². The van der Waals surface area contributed by atoms with E-state index in [-0.39, 0.29) is 11.8 Å². The molecule has 0 aliphatic carbocycles. The van der Waals surface area contributed by atoms with Crippen molar-refractivity contribution in [2.45, 2.75) is 58.2 Å². The average Bonchev–Trinajstić information content (AvgIpc) is 2.87. The second kappa shape index (κ2) is 15.2. The number of amides is 2. The lowest BCUT2D eigenvalue weighted by atomic mass is 9.98. The quantitative estimate of drug-likeness (QED) is 0.258. The Bertz CT molecular complexity index is 868. The second-order valence-electron chi connectivity index (χ2n) is 10.5. The summed E-state index contributed by atoms with van der Waals surface area (Å²) in [5.74, 6) is -0.0380. The van der Waals surface area contributed by atoms with Gasteiger partial charge in [-0.05, 0) is 39.3 Å². The molecule has 3 rings (SSSR count). The first kappa shape index (κ1) is 29.2. The van der Waals surface area contributed by atoms with Crippen molar-refractivity contribution in [2.75, 3.05) is 64.8 Å². The smallest absolute Gasteiger partial charge is 0.230 e. The molecular formula is C28H45N5O4. The number of likely N-dealkylation sites (tertiary alicyclic amines) is 2. The number of nitrogens with one attached hydrogen (secondary N) is 2. The SMILES string of the molecule is CCCC(C)N(C)Cc1c(C=O)cccc1NC(=O)C1CN(CCOCCN2CCC(NC=O)CC2)C1. The number of anilines is 1. The number of hydrogen-bond donors (Lipinski definition) is 2. The molecule has 9 heteroatoms. The van der Waals surface area contributed by atoms with E-state index >= 15 is 0 Å². The summed E-state index contributed by atoms with van der Waals surface area (Å²) in [5, 5.41) is 5.96. The van der Waals surface area contributed by atoms with Crippen molar-refractivity contribution in [3.63, 3.8) is 0 Å². The standard InChI is InChI=1S/C28H45N5O4/c1-4-6-22(2)31(3)19-26-23(20-34)7-5-8-27(26)30-28(36)24-17-33(18-24)14-16-37-15-13-32-11-9-25(10-12-32)29-21-35/h5,7-8,20-22,24-25H,4,6,9-19H2,1-3H3,(H,29,35)(H,30,36). The van der Waals surface area contributed by atoms with Crippen LogP contribution in [0, 0.1) is 5.92 Å². The van der Waals surface area contributed by atoms with Crippen molar-refractivity contribution in [3.8, 4) is 0 Å². The van der Waals surface area contributed by atoms with Crippen molar-refractivity contribution in [1.82, 2.24) is 20.0 Å². The van der Waals surface area contributed by atoms with Crippen LogP contribution in [0.4, 0.5) is 5.69 Å². The molecule has 37 heavy (non-hydrogen) atoms. The van der Waals surface area contributed by atoms with Crippen molar-refractivity contribution < 1.29 is 19.1 Å². The molecule has 9 nitrogen and oxygen atoms in total. The van der Waals surface area contributed by atoms with Gasteiger partial charge in [0.2, 0.25) is 12.3 Å². The first-order valence-corrected chi connectivity index (χ1v) is 13.7. The van der Waals surface area contributed by atoms with Gasteiger partial charge in [-0.2, -0.15) is 0 Å². The number of rotatable bonds is 16. The Balaban J connectivity index is 1.36. The summed E-state index contributed by atoms with van der Waals surface area (Å²) in [7, 11) is 2.06. The van der Waals surface area contributed by atoms with Gasteiger partial charge in [-0.25, -0.2) is 0 Å². The fraction of sp³-hybridized carbons (Fsp3) is 0.679. The molecule has 2 amide bonds. The van der Waals surface area contributed by atoms with Crippen LogP contribution < -0.4 is 10.6 Å². The maximum absolute atomic E-state index is 12.9. The van der Waals surface area contributed by atoms with Crippen molar-refractivity contribution in [1.29, 1.82) is 0 Å². The van der Waals surface area contributed by atoms with E-state index in [4.69, 9.17) is 4.74 Å². The van der Waals surface area contributed by atoms with E-state index in [2.05, 4.69) is 46.2 Å². The number of ether oxygens (including phenoxy) is 1. The fourth-order valence-corrected chi connectivity index (χ4v) is 5.11. The maximum atomic E-state index is 12.9. The highest BCUT2D eigenvalue weighted by Crippen LogP contribution is 2.24. The van der Waals surface area contributed by atoms with Crippen LogP contribution in [0.5, 0.6) is 0 Å². The van der Waals surface area contributed by atoms with Crippen LogP contribution in [0.1, 0.15) is 55.5 Å². The zero-order valence-corrected chi connectivity index (χ0v) is 22.8. The lowest BCUT2D eigenvalue weighted by Crippen LogP contribution is -2.53. The Morgan fingerprint density at radius 2 is 1.86 bits per heavy atom. The molecule has 2 fully saturated rings. The molecule has 0 aromatic heterocycles. The van der Waals surface area contributed by atoms with Crippen molar-refractivity contribution in [2.24, 2.45) is 5.92 Å².